The predicted molar refractivity (Wildman–Crippen MR) is 110 cm³/mol. The fraction of sp³-hybridized carbons (Fsp3) is 0.300. The topological polar surface area (TPSA) is 67.2 Å². The fourth-order valence-electron chi connectivity index (χ4n) is 3.22. The van der Waals surface area contributed by atoms with E-state index in [1.807, 2.05) is 65.0 Å². The standard InChI is InChI=1S/C20H22N6OS/c1-24-19(16-7-3-2-4-8-16)22-23-20(24)28-15-18(27)26-13-11-25(12-14-26)17-9-5-6-10-21-17/h2-10H,11-15H2,1H3. The van der Waals surface area contributed by atoms with Crippen molar-refractivity contribution in [1.82, 2.24) is 24.6 Å². The number of pyridine rings is 1. The highest BCUT2D eigenvalue weighted by atomic mass is 32.2. The highest BCUT2D eigenvalue weighted by Crippen LogP contribution is 2.23. The van der Waals surface area contributed by atoms with E-state index in [2.05, 4.69) is 20.1 Å². The van der Waals surface area contributed by atoms with Crippen LogP contribution < -0.4 is 4.90 Å². The van der Waals surface area contributed by atoms with Crippen LogP contribution in [0, 0.1) is 0 Å². The lowest BCUT2D eigenvalue weighted by Crippen LogP contribution is -2.49. The van der Waals surface area contributed by atoms with Gasteiger partial charge in [-0.3, -0.25) is 4.79 Å². The van der Waals surface area contributed by atoms with Gasteiger partial charge in [-0.05, 0) is 12.1 Å². The lowest BCUT2D eigenvalue weighted by atomic mass is 10.2. The van der Waals surface area contributed by atoms with Crippen LogP contribution >= 0.6 is 11.8 Å². The molecule has 1 aromatic carbocycles. The summed E-state index contributed by atoms with van der Waals surface area (Å²) in [7, 11) is 1.93. The van der Waals surface area contributed by atoms with Crippen molar-refractivity contribution in [3.05, 3.63) is 54.7 Å². The second kappa shape index (κ2) is 8.43. The van der Waals surface area contributed by atoms with Crippen molar-refractivity contribution in [2.75, 3.05) is 36.8 Å². The molecule has 0 aliphatic carbocycles. The molecule has 3 aromatic rings. The summed E-state index contributed by atoms with van der Waals surface area (Å²) in [4.78, 5) is 21.1. The highest BCUT2D eigenvalue weighted by molar-refractivity contribution is 7.99. The minimum atomic E-state index is 0.134. The molecule has 0 unspecified atom stereocenters. The van der Waals surface area contributed by atoms with Gasteiger partial charge >= 0.3 is 0 Å². The first-order valence-electron chi connectivity index (χ1n) is 9.24. The van der Waals surface area contributed by atoms with Crippen LogP contribution in [0.2, 0.25) is 0 Å². The number of carbonyl (C=O) groups excluding carboxylic acids is 1. The van der Waals surface area contributed by atoms with Crippen molar-refractivity contribution >= 4 is 23.5 Å². The molecule has 0 saturated carbocycles. The summed E-state index contributed by atoms with van der Waals surface area (Å²) < 4.78 is 1.94. The third-order valence-corrected chi connectivity index (χ3v) is 5.80. The predicted octanol–water partition coefficient (Wildman–Crippen LogP) is 2.32. The monoisotopic (exact) mass is 394 g/mol. The van der Waals surface area contributed by atoms with Crippen molar-refractivity contribution in [2.24, 2.45) is 7.05 Å². The fourth-order valence-corrected chi connectivity index (χ4v) is 4.04. The van der Waals surface area contributed by atoms with Crippen LogP contribution in [0.5, 0.6) is 0 Å². The Morgan fingerprint density at radius 2 is 1.75 bits per heavy atom. The average molecular weight is 395 g/mol. The van der Waals surface area contributed by atoms with Gasteiger partial charge < -0.3 is 14.4 Å². The van der Waals surface area contributed by atoms with Gasteiger partial charge in [0.05, 0.1) is 5.75 Å². The van der Waals surface area contributed by atoms with E-state index in [0.717, 1.165) is 35.5 Å². The van der Waals surface area contributed by atoms with Crippen LogP contribution in [0.3, 0.4) is 0 Å². The Morgan fingerprint density at radius 1 is 1.00 bits per heavy atom. The van der Waals surface area contributed by atoms with Gasteiger partial charge in [0.25, 0.3) is 0 Å². The number of carbonyl (C=O) groups is 1. The number of amides is 1. The van der Waals surface area contributed by atoms with Crippen molar-refractivity contribution < 1.29 is 4.79 Å². The Morgan fingerprint density at radius 3 is 2.46 bits per heavy atom. The molecule has 1 amide bonds. The SMILES string of the molecule is Cn1c(SCC(=O)N2CCN(c3ccccn3)CC2)nnc1-c1ccccc1. The van der Waals surface area contributed by atoms with Gasteiger partial charge in [-0.15, -0.1) is 10.2 Å². The van der Waals surface area contributed by atoms with Gasteiger partial charge in [0.2, 0.25) is 5.91 Å². The van der Waals surface area contributed by atoms with E-state index >= 15 is 0 Å². The van der Waals surface area contributed by atoms with Crippen molar-refractivity contribution in [3.8, 4) is 11.4 Å². The highest BCUT2D eigenvalue weighted by Gasteiger charge is 2.22. The lowest BCUT2D eigenvalue weighted by Gasteiger charge is -2.35. The van der Waals surface area contributed by atoms with Crippen molar-refractivity contribution in [1.29, 1.82) is 0 Å². The minimum absolute atomic E-state index is 0.134. The Kier molecular flexibility index (Phi) is 5.57. The molecule has 0 bridgehead atoms. The van der Waals surface area contributed by atoms with Crippen molar-refractivity contribution in [2.45, 2.75) is 5.16 Å². The van der Waals surface area contributed by atoms with Gasteiger partial charge in [0.15, 0.2) is 11.0 Å². The second-order valence-electron chi connectivity index (χ2n) is 6.58. The van der Waals surface area contributed by atoms with Crippen LogP contribution in [0.4, 0.5) is 5.82 Å². The quantitative estimate of drug-likeness (QED) is 0.619. The summed E-state index contributed by atoms with van der Waals surface area (Å²) in [6.07, 6.45) is 1.80. The van der Waals surface area contributed by atoms with Gasteiger partial charge in [-0.25, -0.2) is 4.98 Å². The molecule has 144 valence electrons. The molecular weight excluding hydrogens is 372 g/mol. The first kappa shape index (κ1) is 18.5. The number of nitrogens with zero attached hydrogens (tertiary/aromatic N) is 6. The molecule has 0 atom stereocenters. The molecule has 1 saturated heterocycles. The van der Waals surface area contributed by atoms with E-state index in [1.165, 1.54) is 11.8 Å². The number of thioether (sulfide) groups is 1. The number of hydrogen-bond donors (Lipinski definition) is 0. The molecule has 8 heteroatoms. The maximum Gasteiger partial charge on any atom is 0.233 e. The van der Waals surface area contributed by atoms with E-state index in [4.69, 9.17) is 0 Å². The Hall–Kier alpha value is -2.87. The molecule has 0 N–H and O–H groups in total. The maximum atomic E-state index is 12.6. The summed E-state index contributed by atoms with van der Waals surface area (Å²) >= 11 is 1.43. The van der Waals surface area contributed by atoms with Gasteiger partial charge in [0.1, 0.15) is 5.82 Å². The molecule has 0 radical (unpaired) electrons. The number of hydrogen-bond acceptors (Lipinski definition) is 6. The zero-order chi connectivity index (χ0) is 19.3. The van der Waals surface area contributed by atoms with E-state index in [9.17, 15) is 4.79 Å². The van der Waals surface area contributed by atoms with E-state index < -0.39 is 0 Å². The number of rotatable bonds is 5. The normalized spacial score (nSPS) is 14.3. The summed E-state index contributed by atoms with van der Waals surface area (Å²) in [5.41, 5.74) is 1.02. The first-order chi connectivity index (χ1) is 13.7. The Bertz CT molecular complexity index is 922. The van der Waals surface area contributed by atoms with Crippen molar-refractivity contribution in [3.63, 3.8) is 0 Å². The van der Waals surface area contributed by atoms with E-state index in [-0.39, 0.29) is 5.91 Å². The van der Waals surface area contributed by atoms with Gasteiger partial charge in [-0.2, -0.15) is 0 Å². The van der Waals surface area contributed by atoms with Crippen LogP contribution in [0.15, 0.2) is 59.9 Å². The largest absolute Gasteiger partial charge is 0.353 e. The molecule has 4 rings (SSSR count). The zero-order valence-corrected chi connectivity index (χ0v) is 16.5. The third kappa shape index (κ3) is 4.01. The zero-order valence-electron chi connectivity index (χ0n) is 15.7. The summed E-state index contributed by atoms with van der Waals surface area (Å²) in [5.74, 6) is 2.27. The molecule has 2 aromatic heterocycles. The first-order valence-corrected chi connectivity index (χ1v) is 10.2. The van der Waals surface area contributed by atoms with E-state index in [0.29, 0.717) is 18.8 Å². The van der Waals surface area contributed by atoms with Crippen LogP contribution in [0.1, 0.15) is 0 Å². The van der Waals surface area contributed by atoms with Crippen LogP contribution in [0.25, 0.3) is 11.4 Å². The smallest absolute Gasteiger partial charge is 0.233 e. The van der Waals surface area contributed by atoms with Gasteiger partial charge in [0, 0.05) is 45.0 Å². The lowest BCUT2D eigenvalue weighted by molar-refractivity contribution is -0.128. The molecule has 3 heterocycles. The number of benzene rings is 1. The number of piperazine rings is 1. The molecule has 1 aliphatic heterocycles. The second-order valence-corrected chi connectivity index (χ2v) is 7.52. The molecule has 1 aliphatic rings. The van der Waals surface area contributed by atoms with Gasteiger partial charge in [-0.1, -0.05) is 48.2 Å². The molecular formula is C20H22N6OS. The van der Waals surface area contributed by atoms with Crippen LogP contribution in [-0.4, -0.2) is 62.5 Å². The molecule has 7 nitrogen and oxygen atoms in total. The average Bonchev–Trinajstić information content (AvgIpc) is 3.13. The molecule has 0 spiro atoms. The number of aromatic nitrogens is 4. The van der Waals surface area contributed by atoms with Crippen LogP contribution in [-0.2, 0) is 11.8 Å². The minimum Gasteiger partial charge on any atom is -0.353 e. The summed E-state index contributed by atoms with van der Waals surface area (Å²) in [6, 6.07) is 15.8. The molecule has 1 fully saturated rings. The molecule has 28 heavy (non-hydrogen) atoms. The van der Waals surface area contributed by atoms with E-state index in [1.54, 1.807) is 6.20 Å². The third-order valence-electron chi connectivity index (χ3n) is 4.80. The maximum absolute atomic E-state index is 12.6. The Balaban J connectivity index is 1.31. The Labute approximate surface area is 168 Å². The summed E-state index contributed by atoms with van der Waals surface area (Å²) in [6.45, 7) is 3.03. The summed E-state index contributed by atoms with van der Waals surface area (Å²) in [5, 5.41) is 9.27. The number of anilines is 1.